The highest BCUT2D eigenvalue weighted by atomic mass is 16.5. The van der Waals surface area contributed by atoms with Crippen LogP contribution in [0.25, 0.3) is 10.9 Å². The van der Waals surface area contributed by atoms with Crippen molar-refractivity contribution in [2.75, 3.05) is 13.1 Å². The number of piperidine rings is 1. The molecule has 3 heterocycles. The first-order valence-electron chi connectivity index (χ1n) is 9.12. The average Bonchev–Trinajstić information content (AvgIpc) is 3.23. The first kappa shape index (κ1) is 16.8. The van der Waals surface area contributed by atoms with Crippen LogP contribution in [0.4, 0.5) is 0 Å². The number of benzene rings is 1. The summed E-state index contributed by atoms with van der Waals surface area (Å²) in [6, 6.07) is 7.91. The minimum atomic E-state index is -0.00251. The molecule has 0 saturated carbocycles. The summed E-state index contributed by atoms with van der Waals surface area (Å²) in [6.45, 7) is 6.64. The highest BCUT2D eigenvalue weighted by Gasteiger charge is 2.23. The minimum absolute atomic E-state index is 0.00251. The van der Waals surface area contributed by atoms with Crippen molar-refractivity contribution in [2.24, 2.45) is 0 Å². The largest absolute Gasteiger partial charge is 0.361 e. The molecule has 136 valence electrons. The van der Waals surface area contributed by atoms with Gasteiger partial charge in [0, 0.05) is 47.4 Å². The first-order chi connectivity index (χ1) is 12.6. The van der Waals surface area contributed by atoms with E-state index in [9.17, 15) is 4.79 Å². The lowest BCUT2D eigenvalue weighted by Crippen LogP contribution is -2.47. The Morgan fingerprint density at radius 2 is 2.27 bits per heavy atom. The molecule has 1 aliphatic heterocycles. The Morgan fingerprint density at radius 3 is 3.08 bits per heavy atom. The van der Waals surface area contributed by atoms with Gasteiger partial charge in [-0.25, -0.2) is 0 Å². The molecule has 2 N–H and O–H groups in total. The molecular formula is C20H24N4O2. The molecule has 1 atom stereocenters. The predicted octanol–water partition coefficient (Wildman–Crippen LogP) is 3.17. The van der Waals surface area contributed by atoms with E-state index in [0.717, 1.165) is 60.4 Å². The van der Waals surface area contributed by atoms with Crippen molar-refractivity contribution in [2.45, 2.75) is 39.3 Å². The zero-order chi connectivity index (χ0) is 18.1. The summed E-state index contributed by atoms with van der Waals surface area (Å²) in [5.74, 6) is 0.880. The van der Waals surface area contributed by atoms with E-state index in [4.69, 9.17) is 4.52 Å². The van der Waals surface area contributed by atoms with E-state index < -0.39 is 0 Å². The monoisotopic (exact) mass is 352 g/mol. The van der Waals surface area contributed by atoms with Gasteiger partial charge in [-0.3, -0.25) is 9.69 Å². The van der Waals surface area contributed by atoms with Crippen molar-refractivity contribution in [1.82, 2.24) is 20.4 Å². The van der Waals surface area contributed by atoms with Gasteiger partial charge in [0.25, 0.3) is 5.91 Å². The molecule has 1 saturated heterocycles. The summed E-state index contributed by atoms with van der Waals surface area (Å²) in [5.41, 5.74) is 3.87. The second kappa shape index (κ2) is 6.96. The molecule has 0 radical (unpaired) electrons. The van der Waals surface area contributed by atoms with E-state index >= 15 is 0 Å². The number of carbonyl (C=O) groups is 1. The van der Waals surface area contributed by atoms with E-state index in [1.54, 1.807) is 0 Å². The fourth-order valence-electron chi connectivity index (χ4n) is 3.73. The third-order valence-corrected chi connectivity index (χ3v) is 5.22. The lowest BCUT2D eigenvalue weighted by molar-refractivity contribution is 0.0900. The zero-order valence-corrected chi connectivity index (χ0v) is 15.2. The van der Waals surface area contributed by atoms with Crippen LogP contribution in [0, 0.1) is 13.8 Å². The molecule has 0 bridgehead atoms. The third-order valence-electron chi connectivity index (χ3n) is 5.22. The third kappa shape index (κ3) is 3.37. The summed E-state index contributed by atoms with van der Waals surface area (Å²) in [6.07, 6.45) is 3.97. The number of likely N-dealkylation sites (tertiary alicyclic amines) is 1. The number of aryl methyl sites for hydroxylation is 2. The van der Waals surface area contributed by atoms with E-state index in [2.05, 4.69) is 20.4 Å². The molecule has 0 aliphatic carbocycles. The first-order valence-corrected chi connectivity index (χ1v) is 9.12. The smallest absolute Gasteiger partial charge is 0.251 e. The van der Waals surface area contributed by atoms with Crippen LogP contribution in [-0.4, -0.2) is 40.1 Å². The molecule has 1 fully saturated rings. The van der Waals surface area contributed by atoms with Crippen molar-refractivity contribution >= 4 is 16.8 Å². The van der Waals surface area contributed by atoms with E-state index in [0.29, 0.717) is 5.56 Å². The number of nitrogens with one attached hydrogen (secondary N) is 2. The molecule has 0 unspecified atom stereocenters. The van der Waals surface area contributed by atoms with Crippen molar-refractivity contribution in [1.29, 1.82) is 0 Å². The average molecular weight is 352 g/mol. The molecule has 6 heteroatoms. The van der Waals surface area contributed by atoms with Crippen LogP contribution in [-0.2, 0) is 6.54 Å². The number of aromatic amines is 1. The number of carbonyl (C=O) groups excluding carboxylic acids is 1. The fraction of sp³-hybridized carbons (Fsp3) is 0.400. The molecule has 1 aliphatic rings. The Morgan fingerprint density at radius 1 is 1.38 bits per heavy atom. The molecule has 0 spiro atoms. The van der Waals surface area contributed by atoms with Crippen molar-refractivity contribution < 1.29 is 9.32 Å². The topological polar surface area (TPSA) is 74.2 Å². The highest BCUT2D eigenvalue weighted by Crippen LogP contribution is 2.19. The van der Waals surface area contributed by atoms with Gasteiger partial charge in [-0.2, -0.15) is 0 Å². The molecule has 2 aromatic heterocycles. The molecule has 4 rings (SSSR count). The number of amides is 1. The van der Waals surface area contributed by atoms with Crippen LogP contribution in [0.2, 0.25) is 0 Å². The quantitative estimate of drug-likeness (QED) is 0.756. The van der Waals surface area contributed by atoms with Gasteiger partial charge in [-0.15, -0.1) is 0 Å². The number of aromatic nitrogens is 2. The van der Waals surface area contributed by atoms with Crippen molar-refractivity contribution in [3.63, 3.8) is 0 Å². The van der Waals surface area contributed by atoms with Gasteiger partial charge in [0.15, 0.2) is 0 Å². The molecule has 1 amide bonds. The number of nitrogens with zero attached hydrogens (tertiary/aromatic N) is 2. The van der Waals surface area contributed by atoms with Crippen molar-refractivity contribution in [3.05, 3.63) is 53.0 Å². The maximum Gasteiger partial charge on any atom is 0.251 e. The van der Waals surface area contributed by atoms with Crippen LogP contribution >= 0.6 is 0 Å². The van der Waals surface area contributed by atoms with Crippen LogP contribution in [0.5, 0.6) is 0 Å². The summed E-state index contributed by atoms with van der Waals surface area (Å²) < 4.78 is 5.27. The van der Waals surface area contributed by atoms with Gasteiger partial charge in [-0.05, 0) is 57.5 Å². The number of hydrogen-bond acceptors (Lipinski definition) is 4. The second-order valence-electron chi connectivity index (χ2n) is 7.13. The Labute approximate surface area is 152 Å². The second-order valence-corrected chi connectivity index (χ2v) is 7.13. The lowest BCUT2D eigenvalue weighted by Gasteiger charge is -2.33. The fourth-order valence-corrected chi connectivity index (χ4v) is 3.73. The summed E-state index contributed by atoms with van der Waals surface area (Å²) in [4.78, 5) is 18.2. The van der Waals surface area contributed by atoms with Gasteiger partial charge in [0.05, 0.1) is 5.69 Å². The minimum Gasteiger partial charge on any atom is -0.361 e. The normalized spacial score (nSPS) is 18.3. The maximum absolute atomic E-state index is 12.6. The SMILES string of the molecule is Cc1noc(C)c1CN1CCC[C@@H](NC(=O)c2ccc3[nH]ccc3c2)C1. The molecule has 1 aromatic carbocycles. The molecule has 6 nitrogen and oxygen atoms in total. The van der Waals surface area contributed by atoms with Gasteiger partial charge in [0.2, 0.25) is 0 Å². The van der Waals surface area contributed by atoms with Crippen LogP contribution in [0.3, 0.4) is 0 Å². The lowest BCUT2D eigenvalue weighted by atomic mass is 10.0. The summed E-state index contributed by atoms with van der Waals surface area (Å²) >= 11 is 0. The summed E-state index contributed by atoms with van der Waals surface area (Å²) in [7, 11) is 0. The predicted molar refractivity (Wildman–Crippen MR) is 100 cm³/mol. The standard InChI is InChI=1S/C20H24N4O2/c1-13-18(14(2)26-23-13)12-24-9-3-4-17(11-24)22-20(25)16-5-6-19-15(10-16)7-8-21-19/h5-8,10,17,21H,3-4,9,11-12H2,1-2H3,(H,22,25)/t17-/m1/s1. The van der Waals surface area contributed by atoms with Gasteiger partial charge in [0.1, 0.15) is 5.76 Å². The van der Waals surface area contributed by atoms with E-state index in [-0.39, 0.29) is 11.9 Å². The Bertz CT molecular complexity index is 907. The zero-order valence-electron chi connectivity index (χ0n) is 15.2. The molecule has 26 heavy (non-hydrogen) atoms. The maximum atomic E-state index is 12.6. The van der Waals surface area contributed by atoms with E-state index in [1.807, 2.05) is 44.3 Å². The van der Waals surface area contributed by atoms with Crippen LogP contribution in [0.1, 0.15) is 40.2 Å². The molecular weight excluding hydrogens is 328 g/mol. The van der Waals surface area contributed by atoms with Crippen molar-refractivity contribution in [3.8, 4) is 0 Å². The number of fused-ring (bicyclic) bond motifs is 1. The number of hydrogen-bond donors (Lipinski definition) is 2. The van der Waals surface area contributed by atoms with Crippen LogP contribution < -0.4 is 5.32 Å². The van der Waals surface area contributed by atoms with E-state index in [1.165, 1.54) is 0 Å². The highest BCUT2D eigenvalue weighted by molar-refractivity contribution is 5.98. The Kier molecular flexibility index (Phi) is 4.51. The summed E-state index contributed by atoms with van der Waals surface area (Å²) in [5, 5.41) is 8.29. The van der Waals surface area contributed by atoms with Gasteiger partial charge < -0.3 is 14.8 Å². The number of rotatable bonds is 4. The molecule has 3 aromatic rings. The Balaban J connectivity index is 1.40. The van der Waals surface area contributed by atoms with Gasteiger partial charge in [-0.1, -0.05) is 5.16 Å². The Hall–Kier alpha value is -2.60. The van der Waals surface area contributed by atoms with Crippen LogP contribution in [0.15, 0.2) is 35.0 Å². The van der Waals surface area contributed by atoms with Gasteiger partial charge >= 0.3 is 0 Å². The number of H-pyrrole nitrogens is 1.